The van der Waals surface area contributed by atoms with Crippen LogP contribution in [0.1, 0.15) is 46.6 Å². The molecule has 0 saturated heterocycles. The van der Waals surface area contributed by atoms with Crippen molar-refractivity contribution in [3.8, 4) is 11.3 Å². The lowest BCUT2D eigenvalue weighted by Gasteiger charge is -2.22. The van der Waals surface area contributed by atoms with Gasteiger partial charge in [-0.1, -0.05) is 42.8 Å². The SMILES string of the molecule is CC/C(=C(/C)O)c1ccc(-c2nc3ccc(Cl)cn3c2NC(C)(C)C)cc1. The van der Waals surface area contributed by atoms with E-state index in [2.05, 4.69) is 26.1 Å². The van der Waals surface area contributed by atoms with Crippen molar-refractivity contribution < 1.29 is 5.11 Å². The highest BCUT2D eigenvalue weighted by Gasteiger charge is 2.19. The van der Waals surface area contributed by atoms with E-state index >= 15 is 0 Å². The van der Waals surface area contributed by atoms with Crippen LogP contribution in [0.3, 0.4) is 0 Å². The van der Waals surface area contributed by atoms with E-state index in [4.69, 9.17) is 16.6 Å². The van der Waals surface area contributed by atoms with Crippen molar-refractivity contribution in [3.05, 3.63) is 58.9 Å². The molecule has 1 aromatic carbocycles. The van der Waals surface area contributed by atoms with Crippen LogP contribution in [0.4, 0.5) is 5.82 Å². The zero-order chi connectivity index (χ0) is 19.8. The maximum Gasteiger partial charge on any atom is 0.139 e. The molecule has 0 unspecified atom stereocenters. The number of aromatic nitrogens is 2. The third-order valence-electron chi connectivity index (χ3n) is 4.37. The molecule has 4 nitrogen and oxygen atoms in total. The molecule has 0 atom stereocenters. The molecule has 2 heterocycles. The van der Waals surface area contributed by atoms with Gasteiger partial charge in [-0.05, 0) is 57.4 Å². The highest BCUT2D eigenvalue weighted by molar-refractivity contribution is 6.30. The molecule has 0 spiro atoms. The van der Waals surface area contributed by atoms with Crippen LogP contribution >= 0.6 is 11.6 Å². The fourth-order valence-corrected chi connectivity index (χ4v) is 3.35. The molecule has 2 N–H and O–H groups in total. The molecule has 0 saturated carbocycles. The lowest BCUT2D eigenvalue weighted by molar-refractivity contribution is 0.415. The second-order valence-corrected chi connectivity index (χ2v) is 8.19. The fourth-order valence-electron chi connectivity index (χ4n) is 3.19. The van der Waals surface area contributed by atoms with E-state index < -0.39 is 0 Å². The Morgan fingerprint density at radius 2 is 1.81 bits per heavy atom. The average molecular weight is 384 g/mol. The van der Waals surface area contributed by atoms with Crippen molar-refractivity contribution in [2.45, 2.75) is 46.6 Å². The molecule has 0 fully saturated rings. The summed E-state index contributed by atoms with van der Waals surface area (Å²) in [5, 5.41) is 14.1. The number of pyridine rings is 1. The molecule has 0 bridgehead atoms. The number of rotatable bonds is 4. The van der Waals surface area contributed by atoms with Crippen LogP contribution in [-0.2, 0) is 0 Å². The van der Waals surface area contributed by atoms with Gasteiger partial charge in [-0.3, -0.25) is 4.40 Å². The normalized spacial score (nSPS) is 13.0. The molecular formula is C22H26ClN3O. The van der Waals surface area contributed by atoms with Crippen molar-refractivity contribution in [3.63, 3.8) is 0 Å². The Morgan fingerprint density at radius 3 is 2.37 bits per heavy atom. The largest absolute Gasteiger partial charge is 0.512 e. The van der Waals surface area contributed by atoms with Crippen molar-refractivity contribution in [1.29, 1.82) is 0 Å². The Labute approximate surface area is 165 Å². The number of benzene rings is 1. The first-order valence-corrected chi connectivity index (χ1v) is 9.52. The Kier molecular flexibility index (Phi) is 5.20. The third kappa shape index (κ3) is 4.11. The van der Waals surface area contributed by atoms with Gasteiger partial charge in [0, 0.05) is 17.3 Å². The van der Waals surface area contributed by atoms with Crippen LogP contribution in [-0.4, -0.2) is 20.0 Å². The summed E-state index contributed by atoms with van der Waals surface area (Å²) < 4.78 is 1.99. The van der Waals surface area contributed by atoms with Crippen LogP contribution in [0.25, 0.3) is 22.5 Å². The highest BCUT2D eigenvalue weighted by atomic mass is 35.5. The summed E-state index contributed by atoms with van der Waals surface area (Å²) in [6, 6.07) is 11.9. The van der Waals surface area contributed by atoms with Crippen LogP contribution < -0.4 is 5.32 Å². The lowest BCUT2D eigenvalue weighted by Crippen LogP contribution is -2.27. The number of aliphatic hydroxyl groups excluding tert-OH is 1. The van der Waals surface area contributed by atoms with Gasteiger partial charge in [0.2, 0.25) is 0 Å². The maximum atomic E-state index is 9.89. The lowest BCUT2D eigenvalue weighted by atomic mass is 10.00. The third-order valence-corrected chi connectivity index (χ3v) is 4.60. The highest BCUT2D eigenvalue weighted by Crippen LogP contribution is 2.33. The predicted molar refractivity (Wildman–Crippen MR) is 115 cm³/mol. The molecule has 5 heteroatoms. The summed E-state index contributed by atoms with van der Waals surface area (Å²) in [6.45, 7) is 10.1. The van der Waals surface area contributed by atoms with Crippen LogP contribution in [0, 0.1) is 0 Å². The Hall–Kier alpha value is -2.46. The molecule has 0 aliphatic carbocycles. The van der Waals surface area contributed by atoms with Gasteiger partial charge in [0.15, 0.2) is 0 Å². The molecule has 2 aromatic heterocycles. The van der Waals surface area contributed by atoms with E-state index in [0.29, 0.717) is 10.8 Å². The minimum absolute atomic E-state index is 0.126. The minimum atomic E-state index is -0.126. The van der Waals surface area contributed by atoms with Crippen molar-refractivity contribution in [2.75, 3.05) is 5.32 Å². The summed E-state index contributed by atoms with van der Waals surface area (Å²) >= 11 is 6.21. The second kappa shape index (κ2) is 7.28. The number of hydrogen-bond donors (Lipinski definition) is 2. The van der Waals surface area contributed by atoms with Gasteiger partial charge in [-0.25, -0.2) is 4.98 Å². The predicted octanol–water partition coefficient (Wildman–Crippen LogP) is 6.56. The number of fused-ring (bicyclic) bond motifs is 1. The van der Waals surface area contributed by atoms with Gasteiger partial charge < -0.3 is 10.4 Å². The molecule has 142 valence electrons. The van der Waals surface area contributed by atoms with Gasteiger partial charge in [0.1, 0.15) is 17.2 Å². The first-order chi connectivity index (χ1) is 12.7. The van der Waals surface area contributed by atoms with Gasteiger partial charge in [-0.2, -0.15) is 0 Å². The molecule has 0 radical (unpaired) electrons. The second-order valence-electron chi connectivity index (χ2n) is 7.75. The van der Waals surface area contributed by atoms with Crippen LogP contribution in [0.5, 0.6) is 0 Å². The van der Waals surface area contributed by atoms with E-state index in [0.717, 1.165) is 40.3 Å². The van der Waals surface area contributed by atoms with Crippen molar-refractivity contribution in [2.24, 2.45) is 0 Å². The molecular weight excluding hydrogens is 358 g/mol. The van der Waals surface area contributed by atoms with Gasteiger partial charge in [-0.15, -0.1) is 0 Å². The number of aliphatic hydroxyl groups is 1. The Balaban J connectivity index is 2.13. The topological polar surface area (TPSA) is 49.6 Å². The quantitative estimate of drug-likeness (QED) is 0.501. The number of halogens is 1. The first-order valence-electron chi connectivity index (χ1n) is 9.15. The number of imidazole rings is 1. The number of hydrogen-bond acceptors (Lipinski definition) is 3. The molecule has 3 rings (SSSR count). The summed E-state index contributed by atoms with van der Waals surface area (Å²) in [7, 11) is 0. The van der Waals surface area contributed by atoms with E-state index in [1.165, 1.54) is 0 Å². The number of nitrogens with zero attached hydrogens (tertiary/aromatic N) is 2. The monoisotopic (exact) mass is 383 g/mol. The summed E-state index contributed by atoms with van der Waals surface area (Å²) in [4.78, 5) is 4.82. The summed E-state index contributed by atoms with van der Waals surface area (Å²) in [5.74, 6) is 1.28. The number of allylic oxidation sites excluding steroid dienone is 2. The average Bonchev–Trinajstić information content (AvgIpc) is 2.92. The van der Waals surface area contributed by atoms with E-state index in [-0.39, 0.29) is 5.54 Å². The standard InChI is InChI=1S/C22H26ClN3O/c1-6-18(14(2)27)15-7-9-16(10-8-15)20-21(25-22(3,4)5)26-13-17(23)11-12-19(26)24-20/h7-13,25,27H,6H2,1-5H3/b18-14+. The van der Waals surface area contributed by atoms with E-state index in [1.807, 2.05) is 53.9 Å². The van der Waals surface area contributed by atoms with Gasteiger partial charge in [0.05, 0.1) is 10.8 Å². The Bertz CT molecular complexity index is 991. The van der Waals surface area contributed by atoms with Crippen molar-refractivity contribution >= 4 is 28.6 Å². The summed E-state index contributed by atoms with van der Waals surface area (Å²) in [5.41, 5.74) is 4.58. The summed E-state index contributed by atoms with van der Waals surface area (Å²) in [6.07, 6.45) is 2.66. The van der Waals surface area contributed by atoms with Gasteiger partial charge >= 0.3 is 0 Å². The zero-order valence-corrected chi connectivity index (χ0v) is 17.2. The van der Waals surface area contributed by atoms with Crippen molar-refractivity contribution in [1.82, 2.24) is 9.38 Å². The smallest absolute Gasteiger partial charge is 0.139 e. The fraction of sp³-hybridized carbons (Fsp3) is 0.318. The van der Waals surface area contributed by atoms with E-state index in [1.54, 1.807) is 6.92 Å². The molecule has 3 aromatic rings. The van der Waals surface area contributed by atoms with Crippen LogP contribution in [0.2, 0.25) is 5.02 Å². The maximum absolute atomic E-state index is 9.89. The minimum Gasteiger partial charge on any atom is -0.512 e. The molecule has 0 amide bonds. The zero-order valence-electron chi connectivity index (χ0n) is 16.5. The Morgan fingerprint density at radius 1 is 1.15 bits per heavy atom. The van der Waals surface area contributed by atoms with Crippen LogP contribution in [0.15, 0.2) is 48.4 Å². The van der Waals surface area contributed by atoms with E-state index in [9.17, 15) is 5.11 Å². The first kappa shape index (κ1) is 19.3. The van der Waals surface area contributed by atoms with Gasteiger partial charge in [0.25, 0.3) is 0 Å². The molecule has 0 aliphatic rings. The number of anilines is 1. The molecule has 0 aliphatic heterocycles. The number of nitrogens with one attached hydrogen (secondary N) is 1. The molecule has 27 heavy (non-hydrogen) atoms.